The van der Waals surface area contributed by atoms with Crippen LogP contribution in [-0.4, -0.2) is 0 Å². The molecular formula is C34H29N. The highest BCUT2D eigenvalue weighted by atomic mass is 15.1. The summed E-state index contributed by atoms with van der Waals surface area (Å²) < 4.78 is 0. The summed E-state index contributed by atoms with van der Waals surface area (Å²) in [6.07, 6.45) is 0. The maximum atomic E-state index is 2.39. The molecule has 0 saturated carbocycles. The van der Waals surface area contributed by atoms with Crippen molar-refractivity contribution in [3.05, 3.63) is 138 Å². The Balaban J connectivity index is 1.50. The third-order valence-electron chi connectivity index (χ3n) is 7.33. The first-order valence-electron chi connectivity index (χ1n) is 12.3. The average Bonchev–Trinajstić information content (AvgIpc) is 3.12. The highest BCUT2D eigenvalue weighted by Crippen LogP contribution is 2.50. The third kappa shape index (κ3) is 3.65. The lowest BCUT2D eigenvalue weighted by atomic mass is 9.82. The van der Waals surface area contributed by atoms with Gasteiger partial charge in [-0.3, -0.25) is 0 Å². The molecule has 0 atom stereocenters. The van der Waals surface area contributed by atoms with E-state index in [9.17, 15) is 0 Å². The summed E-state index contributed by atoms with van der Waals surface area (Å²) in [7, 11) is 0. The summed E-state index contributed by atoms with van der Waals surface area (Å²) in [5.74, 6) is 0. The van der Waals surface area contributed by atoms with Crippen LogP contribution in [0, 0.1) is 6.92 Å². The molecule has 0 fully saturated rings. The van der Waals surface area contributed by atoms with Crippen molar-refractivity contribution in [2.75, 3.05) is 4.90 Å². The summed E-state index contributed by atoms with van der Waals surface area (Å²) in [6.45, 7) is 6.81. The van der Waals surface area contributed by atoms with Gasteiger partial charge in [-0.05, 0) is 76.7 Å². The quantitative estimate of drug-likeness (QED) is 0.263. The van der Waals surface area contributed by atoms with E-state index in [1.165, 1.54) is 44.6 Å². The molecular weight excluding hydrogens is 422 g/mol. The van der Waals surface area contributed by atoms with E-state index < -0.39 is 0 Å². The highest BCUT2D eigenvalue weighted by molar-refractivity contribution is 5.86. The van der Waals surface area contributed by atoms with Gasteiger partial charge in [0.05, 0.1) is 0 Å². The maximum Gasteiger partial charge on any atom is 0.0467 e. The molecule has 0 aliphatic heterocycles. The molecule has 1 aliphatic rings. The second kappa shape index (κ2) is 8.29. The lowest BCUT2D eigenvalue weighted by molar-refractivity contribution is 0.660. The van der Waals surface area contributed by atoms with Crippen molar-refractivity contribution in [2.45, 2.75) is 26.2 Å². The third-order valence-corrected chi connectivity index (χ3v) is 7.33. The first kappa shape index (κ1) is 21.4. The van der Waals surface area contributed by atoms with Gasteiger partial charge in [0.1, 0.15) is 0 Å². The van der Waals surface area contributed by atoms with E-state index in [4.69, 9.17) is 0 Å². The van der Waals surface area contributed by atoms with Crippen LogP contribution in [0.1, 0.15) is 30.5 Å². The van der Waals surface area contributed by atoms with Gasteiger partial charge in [-0.25, -0.2) is 0 Å². The first-order valence-corrected chi connectivity index (χ1v) is 12.3. The van der Waals surface area contributed by atoms with Crippen molar-refractivity contribution < 1.29 is 0 Å². The standard InChI is InChI=1S/C34H29N/c1-24-16-18-25(19-17-24)26-10-9-13-28(22-26)35(27-11-5-4-6-12-27)29-20-21-31-30-14-7-8-15-32(30)34(2,3)33(31)23-29/h4-23H,1-3H3. The molecule has 5 aromatic rings. The minimum absolute atomic E-state index is 0.0337. The van der Waals surface area contributed by atoms with Crippen LogP contribution >= 0.6 is 0 Å². The highest BCUT2D eigenvalue weighted by Gasteiger charge is 2.35. The van der Waals surface area contributed by atoms with E-state index in [2.05, 4.69) is 147 Å². The molecule has 0 heterocycles. The van der Waals surface area contributed by atoms with E-state index in [1.807, 2.05) is 0 Å². The minimum Gasteiger partial charge on any atom is -0.310 e. The molecule has 0 radical (unpaired) electrons. The van der Waals surface area contributed by atoms with E-state index in [-0.39, 0.29) is 5.41 Å². The molecule has 6 rings (SSSR count). The topological polar surface area (TPSA) is 3.24 Å². The van der Waals surface area contributed by atoms with E-state index in [0.717, 1.165) is 11.4 Å². The number of aryl methyl sites for hydroxylation is 1. The molecule has 1 nitrogen and oxygen atoms in total. The van der Waals surface area contributed by atoms with Crippen LogP contribution in [0.3, 0.4) is 0 Å². The molecule has 0 amide bonds. The zero-order valence-electron chi connectivity index (χ0n) is 20.5. The molecule has 0 aromatic heterocycles. The van der Waals surface area contributed by atoms with Crippen LogP contribution in [0.2, 0.25) is 0 Å². The van der Waals surface area contributed by atoms with Gasteiger partial charge < -0.3 is 4.90 Å². The summed E-state index contributed by atoms with van der Waals surface area (Å²) >= 11 is 0. The SMILES string of the molecule is Cc1ccc(-c2cccc(N(c3ccccc3)c3ccc4c(c3)C(C)(C)c3ccccc3-4)c2)cc1. The molecule has 1 aliphatic carbocycles. The number of rotatable bonds is 4. The summed E-state index contributed by atoms with van der Waals surface area (Å²) in [5, 5.41) is 0. The van der Waals surface area contributed by atoms with Gasteiger partial charge in [0, 0.05) is 22.5 Å². The monoisotopic (exact) mass is 451 g/mol. The number of anilines is 3. The second-order valence-electron chi connectivity index (χ2n) is 9.99. The smallest absolute Gasteiger partial charge is 0.0467 e. The predicted molar refractivity (Wildman–Crippen MR) is 149 cm³/mol. The Morgan fingerprint density at radius 2 is 1.14 bits per heavy atom. The molecule has 0 bridgehead atoms. The van der Waals surface area contributed by atoms with E-state index in [1.54, 1.807) is 0 Å². The molecule has 0 spiro atoms. The van der Waals surface area contributed by atoms with Crippen LogP contribution in [0.5, 0.6) is 0 Å². The van der Waals surface area contributed by atoms with Crippen molar-refractivity contribution in [2.24, 2.45) is 0 Å². The molecule has 0 unspecified atom stereocenters. The van der Waals surface area contributed by atoms with Crippen LogP contribution < -0.4 is 4.90 Å². The number of hydrogen-bond donors (Lipinski definition) is 0. The normalized spacial score (nSPS) is 13.2. The summed E-state index contributed by atoms with van der Waals surface area (Å²) in [5.41, 5.74) is 12.7. The van der Waals surface area contributed by atoms with Crippen molar-refractivity contribution in [1.29, 1.82) is 0 Å². The van der Waals surface area contributed by atoms with Gasteiger partial charge in [-0.1, -0.05) is 104 Å². The lowest BCUT2D eigenvalue weighted by Crippen LogP contribution is -2.16. The fourth-order valence-corrected chi connectivity index (χ4v) is 5.43. The molecule has 0 N–H and O–H groups in total. The van der Waals surface area contributed by atoms with Gasteiger partial charge in [0.25, 0.3) is 0 Å². The molecule has 170 valence electrons. The Kier molecular flexibility index (Phi) is 5.07. The van der Waals surface area contributed by atoms with E-state index >= 15 is 0 Å². The average molecular weight is 452 g/mol. The maximum absolute atomic E-state index is 2.39. The van der Waals surface area contributed by atoms with E-state index in [0.29, 0.717) is 0 Å². The van der Waals surface area contributed by atoms with Gasteiger partial charge in [0.2, 0.25) is 0 Å². The lowest BCUT2D eigenvalue weighted by Gasteiger charge is -2.28. The second-order valence-corrected chi connectivity index (χ2v) is 9.99. The van der Waals surface area contributed by atoms with Gasteiger partial charge in [0.15, 0.2) is 0 Å². The fourth-order valence-electron chi connectivity index (χ4n) is 5.43. The number of fused-ring (bicyclic) bond motifs is 3. The molecule has 5 aromatic carbocycles. The van der Waals surface area contributed by atoms with Crippen molar-refractivity contribution >= 4 is 17.1 Å². The zero-order chi connectivity index (χ0) is 24.0. The van der Waals surface area contributed by atoms with Crippen LogP contribution in [-0.2, 0) is 5.41 Å². The Hall–Kier alpha value is -4.10. The molecule has 0 saturated heterocycles. The molecule has 35 heavy (non-hydrogen) atoms. The largest absolute Gasteiger partial charge is 0.310 e. The van der Waals surface area contributed by atoms with Crippen molar-refractivity contribution in [3.8, 4) is 22.3 Å². The summed E-state index contributed by atoms with van der Waals surface area (Å²) in [4.78, 5) is 2.37. The summed E-state index contributed by atoms with van der Waals surface area (Å²) in [6, 6.07) is 44.1. The van der Waals surface area contributed by atoms with Crippen molar-refractivity contribution in [1.82, 2.24) is 0 Å². The fraction of sp³-hybridized carbons (Fsp3) is 0.118. The van der Waals surface area contributed by atoms with Gasteiger partial charge in [-0.15, -0.1) is 0 Å². The van der Waals surface area contributed by atoms with Gasteiger partial charge in [-0.2, -0.15) is 0 Å². The zero-order valence-corrected chi connectivity index (χ0v) is 20.5. The van der Waals surface area contributed by atoms with Crippen LogP contribution in [0.4, 0.5) is 17.1 Å². The Morgan fingerprint density at radius 3 is 1.94 bits per heavy atom. The Labute approximate surface area is 208 Å². The number of para-hydroxylation sites is 1. The number of nitrogens with zero attached hydrogens (tertiary/aromatic N) is 1. The minimum atomic E-state index is -0.0337. The Bertz CT molecular complexity index is 1510. The molecule has 1 heteroatoms. The van der Waals surface area contributed by atoms with Gasteiger partial charge >= 0.3 is 0 Å². The van der Waals surface area contributed by atoms with Crippen LogP contribution in [0.15, 0.2) is 121 Å². The number of benzene rings is 5. The first-order chi connectivity index (χ1) is 17.0. The van der Waals surface area contributed by atoms with Crippen LogP contribution in [0.25, 0.3) is 22.3 Å². The predicted octanol–water partition coefficient (Wildman–Crippen LogP) is 9.44. The van der Waals surface area contributed by atoms with Crippen molar-refractivity contribution in [3.63, 3.8) is 0 Å². The Morgan fingerprint density at radius 1 is 0.486 bits per heavy atom. The number of hydrogen-bond acceptors (Lipinski definition) is 1.